The van der Waals surface area contributed by atoms with Crippen LogP contribution < -0.4 is 0 Å². The zero-order valence-corrected chi connectivity index (χ0v) is 9.81. The zero-order valence-electron chi connectivity index (χ0n) is 9.81. The summed E-state index contributed by atoms with van der Waals surface area (Å²) in [6, 6.07) is 0. The Morgan fingerprint density at radius 2 is 1.50 bits per heavy atom. The van der Waals surface area contributed by atoms with Crippen LogP contribution >= 0.6 is 0 Å². The first-order valence-corrected chi connectivity index (χ1v) is 5.19. The molecule has 2 amide bonds. The van der Waals surface area contributed by atoms with Gasteiger partial charge >= 0.3 is 12.4 Å². The average molecular weight is 305 g/mol. The van der Waals surface area contributed by atoms with Gasteiger partial charge in [0.15, 0.2) is 0 Å². The van der Waals surface area contributed by atoms with E-state index in [1.165, 1.54) is 0 Å². The molecule has 1 heterocycles. The lowest BCUT2D eigenvalue weighted by Crippen LogP contribution is -2.64. The molecule has 0 unspecified atom stereocenters. The van der Waals surface area contributed by atoms with Gasteiger partial charge in [-0.15, -0.1) is 0 Å². The molecule has 0 aromatic carbocycles. The molecule has 20 heavy (non-hydrogen) atoms. The Balaban J connectivity index is 3.17. The summed E-state index contributed by atoms with van der Waals surface area (Å²) in [5.74, 6) is -2.58. The van der Waals surface area contributed by atoms with Gasteiger partial charge in [0.2, 0.25) is 5.91 Å². The number of likely N-dealkylation sites (tertiary alicyclic amines) is 1. The number of carbonyl (C=O) groups excluding carboxylic acids is 2. The second-order valence-electron chi connectivity index (χ2n) is 4.24. The van der Waals surface area contributed by atoms with Crippen LogP contribution in [0.2, 0.25) is 0 Å². The smallest absolute Gasteiger partial charge is 0.372 e. The van der Waals surface area contributed by atoms with E-state index in [0.29, 0.717) is 0 Å². The fourth-order valence-corrected chi connectivity index (χ4v) is 1.53. The maximum atomic E-state index is 12.5. The summed E-state index contributed by atoms with van der Waals surface area (Å²) in [4.78, 5) is 22.5. The summed E-state index contributed by atoms with van der Waals surface area (Å²) in [7, 11) is 0. The van der Waals surface area contributed by atoms with Gasteiger partial charge in [-0.1, -0.05) is 6.58 Å². The molecule has 0 aromatic rings. The second kappa shape index (κ2) is 4.76. The fourth-order valence-electron chi connectivity index (χ4n) is 1.53. The highest BCUT2D eigenvalue weighted by Gasteiger charge is 2.71. The van der Waals surface area contributed by atoms with E-state index in [1.54, 1.807) is 0 Å². The summed E-state index contributed by atoms with van der Waals surface area (Å²) in [5, 5.41) is 8.93. The van der Waals surface area contributed by atoms with E-state index in [9.17, 15) is 35.9 Å². The van der Waals surface area contributed by atoms with Crippen molar-refractivity contribution in [2.24, 2.45) is 0 Å². The number of imide groups is 1. The fraction of sp³-hybridized carbons (Fsp3) is 0.600. The SMILES string of the molecule is C=C1CCC(=O)N(CC(O)(C(F)(F)F)C(F)(F)F)C1=O. The minimum atomic E-state index is -6.09. The molecule has 1 saturated heterocycles. The van der Waals surface area contributed by atoms with Crippen LogP contribution in [0, 0.1) is 0 Å². The Morgan fingerprint density at radius 3 is 1.90 bits per heavy atom. The first kappa shape index (κ1) is 16.5. The van der Waals surface area contributed by atoms with Gasteiger partial charge in [0.1, 0.15) is 0 Å². The van der Waals surface area contributed by atoms with Gasteiger partial charge in [-0.2, -0.15) is 26.3 Å². The molecule has 1 fully saturated rings. The number of carbonyl (C=O) groups is 2. The standard InChI is InChI=1S/C10H9F6NO3/c1-5-2-3-6(18)17(7(5)19)4-8(20,9(11,12)13)10(14,15)16/h20H,1-4H2. The number of β-amino-alcohol motifs (C(OH)–C–C–N with tert-alkyl or cyclic N) is 1. The minimum absolute atomic E-state index is 0.148. The number of aliphatic hydroxyl groups is 1. The Morgan fingerprint density at radius 1 is 1.05 bits per heavy atom. The molecule has 0 bridgehead atoms. The van der Waals surface area contributed by atoms with E-state index in [0.717, 1.165) is 0 Å². The molecule has 114 valence electrons. The van der Waals surface area contributed by atoms with E-state index in [4.69, 9.17) is 5.11 Å². The van der Waals surface area contributed by atoms with Crippen molar-refractivity contribution in [1.29, 1.82) is 0 Å². The Bertz CT molecular complexity index is 439. The van der Waals surface area contributed by atoms with Gasteiger partial charge in [0.25, 0.3) is 11.5 Å². The predicted molar refractivity (Wildman–Crippen MR) is 52.2 cm³/mol. The number of rotatable bonds is 2. The predicted octanol–water partition coefficient (Wildman–Crippen LogP) is 1.55. The number of alkyl halides is 6. The molecule has 0 aromatic heterocycles. The molecule has 1 rings (SSSR count). The van der Waals surface area contributed by atoms with Crippen molar-refractivity contribution in [3.8, 4) is 0 Å². The van der Waals surface area contributed by atoms with E-state index in [-0.39, 0.29) is 16.9 Å². The van der Waals surface area contributed by atoms with Gasteiger partial charge in [-0.25, -0.2) is 0 Å². The van der Waals surface area contributed by atoms with Crippen molar-refractivity contribution in [3.05, 3.63) is 12.2 Å². The summed E-state index contributed by atoms with van der Waals surface area (Å²) in [5.41, 5.74) is -5.47. The molecule has 4 nitrogen and oxygen atoms in total. The minimum Gasteiger partial charge on any atom is -0.372 e. The zero-order chi connectivity index (χ0) is 15.9. The lowest BCUT2D eigenvalue weighted by molar-refractivity contribution is -0.368. The maximum Gasteiger partial charge on any atom is 0.428 e. The first-order chi connectivity index (χ1) is 8.81. The van der Waals surface area contributed by atoms with E-state index in [1.807, 2.05) is 0 Å². The first-order valence-electron chi connectivity index (χ1n) is 5.19. The summed E-state index contributed by atoms with van der Waals surface area (Å²) >= 11 is 0. The molecular weight excluding hydrogens is 296 g/mol. The van der Waals surface area contributed by atoms with Crippen molar-refractivity contribution < 1.29 is 41.0 Å². The van der Waals surface area contributed by atoms with Crippen LogP contribution in [0.5, 0.6) is 0 Å². The lowest BCUT2D eigenvalue weighted by Gasteiger charge is -2.37. The third kappa shape index (κ3) is 2.65. The van der Waals surface area contributed by atoms with Crippen LogP contribution in [-0.4, -0.2) is 46.3 Å². The van der Waals surface area contributed by atoms with Gasteiger partial charge in [-0.3, -0.25) is 14.5 Å². The van der Waals surface area contributed by atoms with Crippen LogP contribution in [0.15, 0.2) is 12.2 Å². The largest absolute Gasteiger partial charge is 0.428 e. The number of nitrogens with zero attached hydrogens (tertiary/aromatic N) is 1. The quantitative estimate of drug-likeness (QED) is 0.478. The van der Waals surface area contributed by atoms with Crippen LogP contribution in [0.25, 0.3) is 0 Å². The average Bonchev–Trinajstić information content (AvgIpc) is 2.26. The normalized spacial score (nSPS) is 18.8. The third-order valence-electron chi connectivity index (χ3n) is 2.81. The number of halogens is 6. The number of amides is 2. The molecule has 0 saturated carbocycles. The highest BCUT2D eigenvalue weighted by atomic mass is 19.4. The van der Waals surface area contributed by atoms with Gasteiger partial charge in [0, 0.05) is 12.0 Å². The molecule has 0 radical (unpaired) electrons. The highest BCUT2D eigenvalue weighted by molar-refractivity contribution is 6.06. The van der Waals surface area contributed by atoms with Crippen molar-refractivity contribution in [2.75, 3.05) is 6.54 Å². The number of piperidine rings is 1. The molecule has 0 atom stereocenters. The van der Waals surface area contributed by atoms with Gasteiger partial charge in [-0.05, 0) is 6.42 Å². The van der Waals surface area contributed by atoms with E-state index in [2.05, 4.69) is 6.58 Å². The molecule has 1 aliphatic heterocycles. The number of hydrogen-bond donors (Lipinski definition) is 1. The molecular formula is C10H9F6NO3. The molecule has 0 aliphatic carbocycles. The van der Waals surface area contributed by atoms with Crippen LogP contribution in [0.1, 0.15) is 12.8 Å². The van der Waals surface area contributed by atoms with Crippen LogP contribution in [-0.2, 0) is 9.59 Å². The second-order valence-corrected chi connectivity index (χ2v) is 4.24. The van der Waals surface area contributed by atoms with Gasteiger partial charge in [0.05, 0.1) is 6.54 Å². The van der Waals surface area contributed by atoms with Crippen LogP contribution in [0.3, 0.4) is 0 Å². The Kier molecular flexibility index (Phi) is 3.92. The van der Waals surface area contributed by atoms with Crippen molar-refractivity contribution in [1.82, 2.24) is 4.90 Å². The summed E-state index contributed by atoms with van der Waals surface area (Å²) in [6.45, 7) is 0.907. The van der Waals surface area contributed by atoms with E-state index >= 15 is 0 Å². The molecule has 0 spiro atoms. The molecule has 1 aliphatic rings. The molecule has 1 N–H and O–H groups in total. The van der Waals surface area contributed by atoms with Gasteiger partial charge < -0.3 is 5.11 Å². The summed E-state index contributed by atoms with van der Waals surface area (Å²) < 4.78 is 74.8. The van der Waals surface area contributed by atoms with Crippen LogP contribution in [0.4, 0.5) is 26.3 Å². The van der Waals surface area contributed by atoms with E-state index < -0.39 is 42.7 Å². The number of hydrogen-bond acceptors (Lipinski definition) is 3. The summed E-state index contributed by atoms with van der Waals surface area (Å²) in [6.07, 6.45) is -12.8. The lowest BCUT2D eigenvalue weighted by atomic mass is 9.98. The van der Waals surface area contributed by atoms with Crippen molar-refractivity contribution in [3.63, 3.8) is 0 Å². The molecule has 10 heteroatoms. The van der Waals surface area contributed by atoms with Crippen molar-refractivity contribution in [2.45, 2.75) is 30.8 Å². The topological polar surface area (TPSA) is 57.6 Å². The maximum absolute atomic E-state index is 12.5. The third-order valence-corrected chi connectivity index (χ3v) is 2.81. The monoisotopic (exact) mass is 305 g/mol. The Hall–Kier alpha value is -1.58. The Labute approximate surface area is 108 Å². The van der Waals surface area contributed by atoms with Crippen molar-refractivity contribution >= 4 is 11.8 Å². The highest BCUT2D eigenvalue weighted by Crippen LogP contribution is 2.44.